The Hall–Kier alpha value is -3.72. The minimum Gasteiger partial charge on any atom is -0.389 e. The smallest absolute Gasteiger partial charge is 0.254 e. The predicted octanol–water partition coefficient (Wildman–Crippen LogP) is 1.39. The lowest BCUT2D eigenvalue weighted by Crippen LogP contribution is -2.29. The van der Waals surface area contributed by atoms with Gasteiger partial charge in [-0.1, -0.05) is 0 Å². The van der Waals surface area contributed by atoms with Crippen LogP contribution in [0.5, 0.6) is 0 Å². The molecule has 4 aromatic rings. The summed E-state index contributed by atoms with van der Waals surface area (Å²) in [5.41, 5.74) is 8.65. The van der Waals surface area contributed by atoms with Crippen molar-refractivity contribution < 1.29 is 14.7 Å². The molecule has 31 heavy (non-hydrogen) atoms. The van der Waals surface area contributed by atoms with Crippen LogP contribution in [0.4, 0.5) is 0 Å². The first-order valence-electron chi connectivity index (χ1n) is 10.0. The highest BCUT2D eigenvalue weighted by atomic mass is 16.3. The fourth-order valence-corrected chi connectivity index (χ4v) is 4.38. The maximum atomic E-state index is 13.1. The number of primary amides is 1. The highest BCUT2D eigenvalue weighted by Gasteiger charge is 2.36. The average molecular weight is 418 g/mol. The van der Waals surface area contributed by atoms with E-state index in [2.05, 4.69) is 9.97 Å². The van der Waals surface area contributed by atoms with Crippen LogP contribution in [0.2, 0.25) is 0 Å². The van der Waals surface area contributed by atoms with Crippen LogP contribution in [0.15, 0.2) is 42.7 Å². The summed E-state index contributed by atoms with van der Waals surface area (Å²) in [6, 6.07) is 8.43. The van der Waals surface area contributed by atoms with Gasteiger partial charge in [-0.05, 0) is 37.3 Å². The monoisotopic (exact) mass is 418 g/mol. The average Bonchev–Trinajstić information content (AvgIpc) is 3.42. The van der Waals surface area contributed by atoms with Gasteiger partial charge in [-0.25, -0.2) is 9.97 Å². The topological polar surface area (TPSA) is 119 Å². The fraction of sp³-hybridized carbons (Fsp3) is 0.273. The highest BCUT2D eigenvalue weighted by molar-refractivity contribution is 6.04. The zero-order chi connectivity index (χ0) is 21.9. The summed E-state index contributed by atoms with van der Waals surface area (Å²) in [6.45, 7) is 2.45. The lowest BCUT2D eigenvalue weighted by molar-refractivity contribution is 0.0764. The molecule has 9 heteroatoms. The third-order valence-corrected chi connectivity index (χ3v) is 6.14. The molecule has 158 valence electrons. The third-order valence-electron chi connectivity index (χ3n) is 6.14. The zero-order valence-corrected chi connectivity index (χ0v) is 17.2. The highest BCUT2D eigenvalue weighted by Crippen LogP contribution is 2.29. The zero-order valence-electron chi connectivity index (χ0n) is 17.2. The van der Waals surface area contributed by atoms with E-state index in [4.69, 9.17) is 5.73 Å². The van der Waals surface area contributed by atoms with E-state index in [0.717, 1.165) is 16.9 Å². The molecular weight excluding hydrogens is 396 g/mol. The van der Waals surface area contributed by atoms with Crippen LogP contribution in [0.25, 0.3) is 22.1 Å². The van der Waals surface area contributed by atoms with Crippen molar-refractivity contribution in [1.82, 2.24) is 24.0 Å². The molecule has 3 N–H and O–H groups in total. The summed E-state index contributed by atoms with van der Waals surface area (Å²) in [6.07, 6.45) is 2.53. The molecule has 0 unspecified atom stereocenters. The van der Waals surface area contributed by atoms with Crippen molar-refractivity contribution in [3.8, 4) is 0 Å². The van der Waals surface area contributed by atoms with Crippen LogP contribution < -0.4 is 5.73 Å². The number of nitrogens with two attached hydrogens (primary N) is 1. The Morgan fingerprint density at radius 2 is 2.00 bits per heavy atom. The van der Waals surface area contributed by atoms with E-state index in [1.807, 2.05) is 29.2 Å². The molecule has 3 aromatic heterocycles. The Labute approximate surface area is 177 Å². The number of nitrogens with zero attached hydrogens (tertiary/aromatic N) is 5. The van der Waals surface area contributed by atoms with Gasteiger partial charge in [0.2, 0.25) is 5.91 Å². The van der Waals surface area contributed by atoms with Gasteiger partial charge in [0.15, 0.2) is 0 Å². The second-order valence-electron chi connectivity index (χ2n) is 7.95. The Kier molecular flexibility index (Phi) is 4.30. The van der Waals surface area contributed by atoms with Crippen molar-refractivity contribution >= 4 is 33.9 Å². The quantitative estimate of drug-likeness (QED) is 0.521. The molecule has 0 aliphatic carbocycles. The number of rotatable bonds is 3. The standard InChI is InChI=1S/C22H22N6O3/c1-12-25-16-9-13(3-4-17(16)26(12)2)22(31)27-10-18(19(29)11-27)28-8-6-15-14(20(23)30)5-7-24-21(15)28/h3-9,18-19,29H,10-11H2,1-2H3,(H2,23,30)/t18-,19-/m1/s1. The molecule has 0 saturated carbocycles. The number of likely N-dealkylation sites (tertiary alicyclic amines) is 1. The third kappa shape index (κ3) is 2.97. The van der Waals surface area contributed by atoms with Crippen molar-refractivity contribution in [1.29, 1.82) is 0 Å². The van der Waals surface area contributed by atoms with Gasteiger partial charge in [0, 0.05) is 43.5 Å². The number of benzene rings is 1. The van der Waals surface area contributed by atoms with Gasteiger partial charge >= 0.3 is 0 Å². The second-order valence-corrected chi connectivity index (χ2v) is 7.95. The number of hydrogen-bond donors (Lipinski definition) is 2. The normalized spacial score (nSPS) is 18.9. The van der Waals surface area contributed by atoms with Gasteiger partial charge in [-0.2, -0.15) is 0 Å². The van der Waals surface area contributed by atoms with Gasteiger partial charge in [0.25, 0.3) is 5.91 Å². The van der Waals surface area contributed by atoms with Crippen molar-refractivity contribution in [2.75, 3.05) is 13.1 Å². The molecule has 5 rings (SSSR count). The number of aliphatic hydroxyl groups excluding tert-OH is 1. The fourth-order valence-electron chi connectivity index (χ4n) is 4.38. The van der Waals surface area contributed by atoms with Crippen molar-refractivity contribution in [3.05, 3.63) is 59.7 Å². The Morgan fingerprint density at radius 3 is 2.77 bits per heavy atom. The lowest BCUT2D eigenvalue weighted by Gasteiger charge is -2.18. The van der Waals surface area contributed by atoms with Gasteiger partial charge in [0.05, 0.1) is 28.7 Å². The molecule has 1 fully saturated rings. The first-order chi connectivity index (χ1) is 14.8. The second kappa shape index (κ2) is 6.92. The number of hydrogen-bond acceptors (Lipinski definition) is 5. The number of carbonyl (C=O) groups excluding carboxylic acids is 2. The van der Waals surface area contributed by atoms with Gasteiger partial charge in [0.1, 0.15) is 11.5 Å². The summed E-state index contributed by atoms with van der Waals surface area (Å²) in [5.74, 6) is 0.182. The number of fused-ring (bicyclic) bond motifs is 2. The summed E-state index contributed by atoms with van der Waals surface area (Å²) in [5, 5.41) is 11.4. The summed E-state index contributed by atoms with van der Waals surface area (Å²) in [7, 11) is 1.94. The van der Waals surface area contributed by atoms with E-state index in [9.17, 15) is 14.7 Å². The summed E-state index contributed by atoms with van der Waals surface area (Å²) in [4.78, 5) is 35.3. The molecule has 1 saturated heterocycles. The van der Waals surface area contributed by atoms with Crippen LogP contribution >= 0.6 is 0 Å². The molecule has 4 heterocycles. The summed E-state index contributed by atoms with van der Waals surface area (Å²) >= 11 is 0. The van der Waals surface area contributed by atoms with E-state index in [0.29, 0.717) is 28.7 Å². The number of β-amino-alcohol motifs (C(OH)–C–C–N with tert-alkyl or cyclic N) is 1. The number of aryl methyl sites for hydroxylation is 2. The van der Waals surface area contributed by atoms with Crippen molar-refractivity contribution in [2.45, 2.75) is 19.1 Å². The SMILES string of the molecule is Cc1nc2cc(C(=O)N3C[C@@H](O)[C@H](n4ccc5c(C(N)=O)ccnc54)C3)ccc2n1C. The molecule has 1 aromatic carbocycles. The van der Waals surface area contributed by atoms with Crippen LogP contribution in [0.3, 0.4) is 0 Å². The minimum absolute atomic E-state index is 0.158. The van der Waals surface area contributed by atoms with E-state index < -0.39 is 12.0 Å². The Bertz CT molecular complexity index is 1350. The number of amides is 2. The first-order valence-corrected chi connectivity index (χ1v) is 10.0. The van der Waals surface area contributed by atoms with Gasteiger partial charge in [-0.3, -0.25) is 9.59 Å². The largest absolute Gasteiger partial charge is 0.389 e. The Balaban J connectivity index is 1.44. The van der Waals surface area contributed by atoms with Gasteiger partial charge < -0.3 is 24.9 Å². The van der Waals surface area contributed by atoms with Crippen LogP contribution in [-0.4, -0.2) is 60.1 Å². The Morgan fingerprint density at radius 1 is 1.19 bits per heavy atom. The molecule has 2 atom stereocenters. The van der Waals surface area contributed by atoms with Crippen LogP contribution in [-0.2, 0) is 7.05 Å². The number of carbonyl (C=O) groups is 2. The molecule has 0 bridgehead atoms. The first kappa shape index (κ1) is 19.3. The van der Waals surface area contributed by atoms with Crippen LogP contribution in [0, 0.1) is 6.92 Å². The number of aromatic nitrogens is 4. The van der Waals surface area contributed by atoms with Crippen molar-refractivity contribution in [2.24, 2.45) is 12.8 Å². The molecule has 1 aliphatic rings. The minimum atomic E-state index is -0.764. The molecule has 9 nitrogen and oxygen atoms in total. The molecule has 0 radical (unpaired) electrons. The maximum absolute atomic E-state index is 13.1. The lowest BCUT2D eigenvalue weighted by atomic mass is 10.1. The molecule has 0 spiro atoms. The maximum Gasteiger partial charge on any atom is 0.254 e. The van der Waals surface area contributed by atoms with E-state index >= 15 is 0 Å². The van der Waals surface area contributed by atoms with Gasteiger partial charge in [-0.15, -0.1) is 0 Å². The molecular formula is C22H22N6O3. The molecule has 1 aliphatic heterocycles. The number of imidazole rings is 1. The molecule has 2 amide bonds. The van der Waals surface area contributed by atoms with E-state index in [-0.39, 0.29) is 18.5 Å². The van der Waals surface area contributed by atoms with Crippen LogP contribution in [0.1, 0.15) is 32.6 Å². The van der Waals surface area contributed by atoms with E-state index in [1.165, 1.54) is 6.20 Å². The van der Waals surface area contributed by atoms with Crippen molar-refractivity contribution in [3.63, 3.8) is 0 Å². The summed E-state index contributed by atoms with van der Waals surface area (Å²) < 4.78 is 3.79. The predicted molar refractivity (Wildman–Crippen MR) is 115 cm³/mol. The van der Waals surface area contributed by atoms with E-state index in [1.54, 1.807) is 35.4 Å². The number of aliphatic hydroxyl groups is 1. The number of pyridine rings is 1.